The molecule has 0 aliphatic carbocycles. The Hall–Kier alpha value is -1.30. The van der Waals surface area contributed by atoms with Gasteiger partial charge in [0.25, 0.3) is 0 Å². The number of halogens is 1. The summed E-state index contributed by atoms with van der Waals surface area (Å²) in [4.78, 5) is 18.1. The fraction of sp³-hybridized carbons (Fsp3) is 0.727. The lowest BCUT2D eigenvalue weighted by molar-refractivity contribution is -0.414. The number of nitrogens with zero attached hydrogens (tertiary/aromatic N) is 4. The number of nitro groups is 1. The van der Waals surface area contributed by atoms with Gasteiger partial charge in [0, 0.05) is 33.6 Å². The quantitative estimate of drug-likeness (QED) is 0.255. The topological polar surface area (TPSA) is 62.0 Å². The van der Waals surface area contributed by atoms with Crippen LogP contribution in [0.5, 0.6) is 0 Å². The van der Waals surface area contributed by atoms with Gasteiger partial charge in [-0.15, -0.1) is 0 Å². The maximum atomic E-state index is 10.8. The predicted molar refractivity (Wildman–Crippen MR) is 74.1 cm³/mol. The van der Waals surface area contributed by atoms with Crippen molar-refractivity contribution >= 4 is 17.6 Å². The van der Waals surface area contributed by atoms with Crippen LogP contribution >= 0.6 is 11.6 Å². The molecule has 0 aromatic rings. The van der Waals surface area contributed by atoms with E-state index in [1.54, 1.807) is 9.80 Å². The molecule has 0 heterocycles. The molecule has 0 saturated carbocycles. The van der Waals surface area contributed by atoms with Crippen LogP contribution in [0.3, 0.4) is 0 Å². The van der Waals surface area contributed by atoms with E-state index in [4.69, 9.17) is 11.6 Å². The van der Waals surface area contributed by atoms with Gasteiger partial charge in [-0.25, -0.2) is 4.99 Å². The van der Waals surface area contributed by atoms with E-state index in [0.29, 0.717) is 5.96 Å². The molecule has 0 rings (SSSR count). The van der Waals surface area contributed by atoms with Crippen molar-refractivity contribution in [3.8, 4) is 0 Å². The zero-order valence-electron chi connectivity index (χ0n) is 12.0. The van der Waals surface area contributed by atoms with Crippen LogP contribution in [0.1, 0.15) is 20.8 Å². The minimum atomic E-state index is -0.616. The first-order chi connectivity index (χ1) is 7.98. The van der Waals surface area contributed by atoms with Gasteiger partial charge < -0.3 is 9.80 Å². The molecular weight excluding hydrogens is 256 g/mol. The normalized spacial score (nSPS) is 12.7. The number of hydrogen-bond donors (Lipinski definition) is 0. The first kappa shape index (κ1) is 16.7. The average molecular weight is 277 g/mol. The molecule has 0 aliphatic rings. The van der Waals surface area contributed by atoms with Crippen LogP contribution in [0.2, 0.25) is 0 Å². The lowest BCUT2D eigenvalue weighted by Gasteiger charge is -2.25. The van der Waals surface area contributed by atoms with E-state index in [0.717, 1.165) is 0 Å². The van der Waals surface area contributed by atoms with Crippen molar-refractivity contribution in [2.45, 2.75) is 20.8 Å². The summed E-state index contributed by atoms with van der Waals surface area (Å²) in [5.41, 5.74) is -0.256. The number of aliphatic imine (C=N–C) groups is 1. The average Bonchev–Trinajstić information content (AvgIpc) is 2.14. The molecule has 0 spiro atoms. The van der Waals surface area contributed by atoms with Gasteiger partial charge in [0.05, 0.1) is 4.92 Å². The highest BCUT2D eigenvalue weighted by atomic mass is 35.5. The van der Waals surface area contributed by atoms with Gasteiger partial charge in [0.1, 0.15) is 5.70 Å². The Morgan fingerprint density at radius 2 is 1.56 bits per heavy atom. The van der Waals surface area contributed by atoms with Gasteiger partial charge in [-0.05, 0) is 11.6 Å². The van der Waals surface area contributed by atoms with Gasteiger partial charge >= 0.3 is 5.16 Å². The molecule has 0 aliphatic heterocycles. The van der Waals surface area contributed by atoms with Crippen LogP contribution in [-0.2, 0) is 0 Å². The molecule has 6 nitrogen and oxygen atoms in total. The lowest BCUT2D eigenvalue weighted by atomic mass is 9.93. The summed E-state index contributed by atoms with van der Waals surface area (Å²) in [5, 5.41) is 10.4. The van der Waals surface area contributed by atoms with E-state index >= 15 is 0 Å². The van der Waals surface area contributed by atoms with Crippen molar-refractivity contribution in [2.24, 2.45) is 10.4 Å². The van der Waals surface area contributed by atoms with Gasteiger partial charge in [-0.3, -0.25) is 10.1 Å². The molecule has 0 N–H and O–H groups in total. The number of hydrogen-bond acceptors (Lipinski definition) is 3. The van der Waals surface area contributed by atoms with Crippen LogP contribution < -0.4 is 0 Å². The summed E-state index contributed by atoms with van der Waals surface area (Å²) in [6, 6.07) is 0. The summed E-state index contributed by atoms with van der Waals surface area (Å²) in [6.45, 7) is 5.50. The summed E-state index contributed by atoms with van der Waals surface area (Å²) in [5.74, 6) is 0.597. The number of allylic oxidation sites excluding steroid dienone is 1. The van der Waals surface area contributed by atoms with Crippen molar-refractivity contribution in [1.29, 1.82) is 0 Å². The largest absolute Gasteiger partial charge is 0.359 e. The molecule has 0 amide bonds. The third kappa shape index (κ3) is 4.52. The highest BCUT2D eigenvalue weighted by Gasteiger charge is 2.28. The van der Waals surface area contributed by atoms with E-state index < -0.39 is 15.5 Å². The summed E-state index contributed by atoms with van der Waals surface area (Å²) >= 11 is 5.76. The molecular formula is C11H21ClN4O2. The molecule has 0 aromatic heterocycles. The van der Waals surface area contributed by atoms with Crippen LogP contribution in [0.4, 0.5) is 0 Å². The Morgan fingerprint density at radius 1 is 1.17 bits per heavy atom. The summed E-state index contributed by atoms with van der Waals surface area (Å²) in [7, 11) is 7.27. The third-order valence-electron chi connectivity index (χ3n) is 2.08. The number of guanidine groups is 1. The van der Waals surface area contributed by atoms with Gasteiger partial charge in [0.15, 0.2) is 0 Å². The molecule has 7 heteroatoms. The molecule has 0 fully saturated rings. The van der Waals surface area contributed by atoms with Gasteiger partial charge in [0.2, 0.25) is 5.96 Å². The van der Waals surface area contributed by atoms with Gasteiger partial charge in [-0.1, -0.05) is 20.8 Å². The molecule has 0 atom stereocenters. The minimum absolute atomic E-state index is 0.256. The van der Waals surface area contributed by atoms with Crippen LogP contribution in [-0.4, -0.2) is 48.9 Å². The zero-order chi connectivity index (χ0) is 14.7. The summed E-state index contributed by atoms with van der Waals surface area (Å²) < 4.78 is 0. The third-order valence-corrected chi connectivity index (χ3v) is 2.39. The van der Waals surface area contributed by atoms with Crippen molar-refractivity contribution in [2.75, 3.05) is 28.2 Å². The fourth-order valence-electron chi connectivity index (χ4n) is 1.31. The Balaban J connectivity index is 5.87. The van der Waals surface area contributed by atoms with Crippen LogP contribution in [0, 0.1) is 15.5 Å². The molecule has 0 aromatic carbocycles. The van der Waals surface area contributed by atoms with Gasteiger partial charge in [-0.2, -0.15) is 0 Å². The molecule has 0 radical (unpaired) electrons. The Labute approximate surface area is 113 Å². The maximum absolute atomic E-state index is 10.8. The zero-order valence-corrected chi connectivity index (χ0v) is 12.7. The van der Waals surface area contributed by atoms with Crippen LogP contribution in [0.15, 0.2) is 15.8 Å². The molecule has 18 heavy (non-hydrogen) atoms. The highest BCUT2D eigenvalue weighted by Crippen LogP contribution is 2.31. The molecule has 0 bridgehead atoms. The molecule has 104 valence electrons. The monoisotopic (exact) mass is 276 g/mol. The SMILES string of the molecule is CN(C)C(=N/C(=C(/Cl)[N+](=O)[O-])C(C)(C)C)N(C)C. The van der Waals surface area contributed by atoms with Crippen molar-refractivity contribution in [1.82, 2.24) is 9.80 Å². The second-order valence-corrected chi connectivity index (χ2v) is 5.71. The van der Waals surface area contributed by atoms with Crippen LogP contribution in [0.25, 0.3) is 0 Å². The van der Waals surface area contributed by atoms with E-state index in [1.165, 1.54) is 0 Å². The Morgan fingerprint density at radius 3 is 1.78 bits per heavy atom. The Kier molecular flexibility index (Phi) is 5.60. The molecule has 0 saturated heterocycles. The highest BCUT2D eigenvalue weighted by molar-refractivity contribution is 6.28. The Bertz CT molecular complexity index is 371. The van der Waals surface area contributed by atoms with Crippen molar-refractivity contribution < 1.29 is 4.92 Å². The smallest absolute Gasteiger partial charge is 0.349 e. The van der Waals surface area contributed by atoms with Crippen molar-refractivity contribution in [3.05, 3.63) is 21.0 Å². The number of rotatable bonds is 2. The van der Waals surface area contributed by atoms with Crippen molar-refractivity contribution in [3.63, 3.8) is 0 Å². The molecule has 0 unspecified atom stereocenters. The van der Waals surface area contributed by atoms with E-state index in [9.17, 15) is 10.1 Å². The first-order valence-electron chi connectivity index (χ1n) is 5.46. The predicted octanol–water partition coefficient (Wildman–Crippen LogP) is 2.20. The van der Waals surface area contributed by atoms with E-state index in [1.807, 2.05) is 49.0 Å². The standard InChI is InChI=1S/C11H21ClN4O2/c1-11(2,3)8(9(12)16(17)18)13-10(14(4)5)15(6)7/h1-7H3/b9-8-. The van der Waals surface area contributed by atoms with E-state index in [-0.39, 0.29) is 5.70 Å². The van der Waals surface area contributed by atoms with E-state index in [2.05, 4.69) is 4.99 Å². The first-order valence-corrected chi connectivity index (χ1v) is 5.84. The second-order valence-electron chi connectivity index (χ2n) is 5.35. The minimum Gasteiger partial charge on any atom is -0.349 e. The second kappa shape index (κ2) is 6.04. The summed E-state index contributed by atoms with van der Waals surface area (Å²) in [6.07, 6.45) is 0. The lowest BCUT2D eigenvalue weighted by Crippen LogP contribution is -2.36. The fourth-order valence-corrected chi connectivity index (χ4v) is 1.64. The maximum Gasteiger partial charge on any atom is 0.359 e.